The van der Waals surface area contributed by atoms with Crippen molar-refractivity contribution in [3.63, 3.8) is 0 Å². The molecule has 2 N–H and O–H groups in total. The number of nitrogens with one attached hydrogen (secondary N) is 2. The Balaban J connectivity index is 1.89. The Bertz CT molecular complexity index is 194. The highest BCUT2D eigenvalue weighted by molar-refractivity contribution is 5.77. The lowest BCUT2D eigenvalue weighted by Gasteiger charge is -2.14. The van der Waals surface area contributed by atoms with Crippen molar-refractivity contribution in [1.82, 2.24) is 15.5 Å². The predicted molar refractivity (Wildman–Crippen MR) is 63.4 cm³/mol. The number of carbonyl (C=O) groups is 1. The van der Waals surface area contributed by atoms with E-state index < -0.39 is 0 Å². The van der Waals surface area contributed by atoms with Crippen LogP contribution in [0.4, 0.5) is 0 Å². The first kappa shape index (κ1) is 13.4. The second-order valence-corrected chi connectivity index (χ2v) is 4.07. The monoisotopic (exact) mass is 229 g/mol. The maximum Gasteiger partial charge on any atom is 0.234 e. The SMILES string of the molecule is COCCNCC(=O)NCCN1CCCC1. The minimum Gasteiger partial charge on any atom is -0.383 e. The van der Waals surface area contributed by atoms with Gasteiger partial charge in [0, 0.05) is 26.7 Å². The molecule has 1 heterocycles. The van der Waals surface area contributed by atoms with E-state index in [1.165, 1.54) is 25.9 Å². The van der Waals surface area contributed by atoms with Gasteiger partial charge in [0.1, 0.15) is 0 Å². The Morgan fingerprint density at radius 3 is 2.75 bits per heavy atom. The molecule has 0 unspecified atom stereocenters. The molecule has 16 heavy (non-hydrogen) atoms. The summed E-state index contributed by atoms with van der Waals surface area (Å²) in [6.45, 7) is 5.83. The fourth-order valence-electron chi connectivity index (χ4n) is 1.80. The van der Waals surface area contributed by atoms with Crippen LogP contribution in [-0.4, -0.2) is 63.8 Å². The van der Waals surface area contributed by atoms with E-state index in [1.54, 1.807) is 7.11 Å². The minimum atomic E-state index is 0.0651. The molecular weight excluding hydrogens is 206 g/mol. The van der Waals surface area contributed by atoms with Gasteiger partial charge in [-0.3, -0.25) is 4.79 Å². The average molecular weight is 229 g/mol. The number of methoxy groups -OCH3 is 1. The third-order valence-corrected chi connectivity index (χ3v) is 2.72. The first-order valence-electron chi connectivity index (χ1n) is 6.01. The summed E-state index contributed by atoms with van der Waals surface area (Å²) in [6, 6.07) is 0. The Labute approximate surface area is 97.5 Å². The van der Waals surface area contributed by atoms with E-state index in [-0.39, 0.29) is 5.91 Å². The van der Waals surface area contributed by atoms with Gasteiger partial charge in [0.2, 0.25) is 5.91 Å². The Kier molecular flexibility index (Phi) is 7.12. The number of amides is 1. The summed E-state index contributed by atoms with van der Waals surface area (Å²) < 4.78 is 4.87. The number of carbonyl (C=O) groups excluding carboxylic acids is 1. The minimum absolute atomic E-state index is 0.0651. The molecule has 1 aliphatic heterocycles. The molecule has 0 saturated carbocycles. The maximum absolute atomic E-state index is 11.3. The van der Waals surface area contributed by atoms with Crippen molar-refractivity contribution in [2.45, 2.75) is 12.8 Å². The molecule has 1 aliphatic rings. The van der Waals surface area contributed by atoms with Gasteiger partial charge in [0.25, 0.3) is 0 Å². The summed E-state index contributed by atoms with van der Waals surface area (Å²) in [5.74, 6) is 0.0651. The third kappa shape index (κ3) is 6.05. The van der Waals surface area contributed by atoms with Gasteiger partial charge < -0.3 is 20.3 Å². The zero-order valence-electron chi connectivity index (χ0n) is 10.1. The molecule has 1 rings (SSSR count). The smallest absolute Gasteiger partial charge is 0.234 e. The summed E-state index contributed by atoms with van der Waals surface area (Å²) in [7, 11) is 1.65. The fraction of sp³-hybridized carbons (Fsp3) is 0.909. The lowest BCUT2D eigenvalue weighted by atomic mass is 10.4. The van der Waals surface area contributed by atoms with Gasteiger partial charge in [0.15, 0.2) is 0 Å². The summed E-state index contributed by atoms with van der Waals surface area (Å²) in [5.41, 5.74) is 0. The lowest BCUT2D eigenvalue weighted by Crippen LogP contribution is -2.39. The molecule has 0 aromatic carbocycles. The molecule has 0 radical (unpaired) electrons. The van der Waals surface area contributed by atoms with Crippen LogP contribution >= 0.6 is 0 Å². The van der Waals surface area contributed by atoms with E-state index in [4.69, 9.17) is 4.74 Å². The Morgan fingerprint density at radius 1 is 1.31 bits per heavy atom. The van der Waals surface area contributed by atoms with Crippen LogP contribution in [0.15, 0.2) is 0 Å². The number of hydrogen-bond donors (Lipinski definition) is 2. The van der Waals surface area contributed by atoms with Gasteiger partial charge >= 0.3 is 0 Å². The topological polar surface area (TPSA) is 53.6 Å². The number of hydrogen-bond acceptors (Lipinski definition) is 4. The second kappa shape index (κ2) is 8.50. The van der Waals surface area contributed by atoms with Gasteiger partial charge in [-0.05, 0) is 25.9 Å². The number of likely N-dealkylation sites (tertiary alicyclic amines) is 1. The van der Waals surface area contributed by atoms with Crippen LogP contribution in [0.1, 0.15) is 12.8 Å². The third-order valence-electron chi connectivity index (χ3n) is 2.72. The van der Waals surface area contributed by atoms with Crippen LogP contribution in [0.3, 0.4) is 0 Å². The van der Waals surface area contributed by atoms with E-state index in [2.05, 4.69) is 15.5 Å². The van der Waals surface area contributed by atoms with Crippen molar-refractivity contribution >= 4 is 5.91 Å². The first-order valence-corrected chi connectivity index (χ1v) is 6.01. The molecule has 94 valence electrons. The highest BCUT2D eigenvalue weighted by Crippen LogP contribution is 2.05. The second-order valence-electron chi connectivity index (χ2n) is 4.07. The number of nitrogens with zero attached hydrogens (tertiary/aromatic N) is 1. The highest BCUT2D eigenvalue weighted by atomic mass is 16.5. The molecular formula is C11H23N3O2. The van der Waals surface area contributed by atoms with Crippen LogP contribution in [-0.2, 0) is 9.53 Å². The molecule has 1 saturated heterocycles. The molecule has 0 spiro atoms. The van der Waals surface area contributed by atoms with Gasteiger partial charge in [-0.25, -0.2) is 0 Å². The lowest BCUT2D eigenvalue weighted by molar-refractivity contribution is -0.120. The van der Waals surface area contributed by atoms with E-state index in [1.807, 2.05) is 0 Å². The number of rotatable bonds is 8. The van der Waals surface area contributed by atoms with Crippen molar-refractivity contribution in [3.05, 3.63) is 0 Å². The van der Waals surface area contributed by atoms with Gasteiger partial charge in [-0.1, -0.05) is 0 Å². The zero-order valence-corrected chi connectivity index (χ0v) is 10.1. The van der Waals surface area contributed by atoms with Crippen molar-refractivity contribution in [3.8, 4) is 0 Å². The molecule has 0 bridgehead atoms. The van der Waals surface area contributed by atoms with E-state index >= 15 is 0 Å². The molecule has 5 heteroatoms. The molecule has 0 atom stereocenters. The first-order chi connectivity index (χ1) is 7.83. The average Bonchev–Trinajstić information content (AvgIpc) is 2.77. The summed E-state index contributed by atoms with van der Waals surface area (Å²) in [5, 5.41) is 5.92. The van der Waals surface area contributed by atoms with Crippen molar-refractivity contribution in [2.24, 2.45) is 0 Å². The normalized spacial score (nSPS) is 16.6. The quantitative estimate of drug-likeness (QED) is 0.548. The summed E-state index contributed by atoms with van der Waals surface area (Å²) in [6.07, 6.45) is 2.60. The molecule has 0 aliphatic carbocycles. The zero-order chi connectivity index (χ0) is 11.6. The van der Waals surface area contributed by atoms with E-state index in [9.17, 15) is 4.79 Å². The predicted octanol–water partition coefficient (Wildman–Crippen LogP) is -0.566. The number of ether oxygens (including phenoxy) is 1. The molecule has 0 aromatic rings. The van der Waals surface area contributed by atoms with Crippen LogP contribution in [0.25, 0.3) is 0 Å². The van der Waals surface area contributed by atoms with Crippen LogP contribution < -0.4 is 10.6 Å². The van der Waals surface area contributed by atoms with Gasteiger partial charge in [-0.2, -0.15) is 0 Å². The standard InChI is InChI=1S/C11H23N3O2/c1-16-9-5-12-10-11(15)13-4-8-14-6-2-3-7-14/h12H,2-10H2,1H3,(H,13,15). The largest absolute Gasteiger partial charge is 0.383 e. The summed E-state index contributed by atoms with van der Waals surface area (Å²) in [4.78, 5) is 13.7. The van der Waals surface area contributed by atoms with E-state index in [0.29, 0.717) is 13.2 Å². The molecule has 1 fully saturated rings. The highest BCUT2D eigenvalue weighted by Gasteiger charge is 2.10. The van der Waals surface area contributed by atoms with Crippen LogP contribution in [0, 0.1) is 0 Å². The van der Waals surface area contributed by atoms with Crippen molar-refractivity contribution < 1.29 is 9.53 Å². The molecule has 5 nitrogen and oxygen atoms in total. The summed E-state index contributed by atoms with van der Waals surface area (Å²) >= 11 is 0. The molecule has 1 amide bonds. The van der Waals surface area contributed by atoms with Crippen molar-refractivity contribution in [1.29, 1.82) is 0 Å². The van der Waals surface area contributed by atoms with Crippen molar-refractivity contribution in [2.75, 3.05) is 53.0 Å². The fourth-order valence-corrected chi connectivity index (χ4v) is 1.80. The Hall–Kier alpha value is -0.650. The maximum atomic E-state index is 11.3. The van der Waals surface area contributed by atoms with Gasteiger partial charge in [-0.15, -0.1) is 0 Å². The van der Waals surface area contributed by atoms with Gasteiger partial charge in [0.05, 0.1) is 13.2 Å². The van der Waals surface area contributed by atoms with E-state index in [0.717, 1.165) is 19.6 Å². The molecule has 0 aromatic heterocycles. The Morgan fingerprint density at radius 2 is 2.06 bits per heavy atom. The van der Waals surface area contributed by atoms with Crippen LogP contribution in [0.5, 0.6) is 0 Å². The van der Waals surface area contributed by atoms with Crippen LogP contribution in [0.2, 0.25) is 0 Å².